The normalized spacial score (nSPS) is 12.0. The predicted octanol–water partition coefficient (Wildman–Crippen LogP) is 1.88. The molecule has 0 radical (unpaired) electrons. The molecule has 0 bridgehead atoms. The maximum Gasteiger partial charge on any atom is 0.125 e. The third kappa shape index (κ3) is 2.82. The maximum absolute atomic E-state index is 10.4. The molecule has 2 aromatic rings. The summed E-state index contributed by atoms with van der Waals surface area (Å²) in [4.78, 5) is 8.24. The standard InChI is InChI=1S/C14H16N2O3/c1-9-15-7-6-12(16-9)14(17)11-8-10(18-2)4-5-13(11)19-3/h4-8,14,17H,1-3H3. The van der Waals surface area contributed by atoms with Crippen LogP contribution in [0.15, 0.2) is 30.5 Å². The van der Waals surface area contributed by atoms with E-state index in [1.54, 1.807) is 51.6 Å². The minimum absolute atomic E-state index is 0.527. The Morgan fingerprint density at radius 3 is 2.58 bits per heavy atom. The lowest BCUT2D eigenvalue weighted by Gasteiger charge is -2.15. The highest BCUT2D eigenvalue weighted by Gasteiger charge is 2.18. The fourth-order valence-electron chi connectivity index (χ4n) is 1.84. The number of nitrogens with zero attached hydrogens (tertiary/aromatic N) is 2. The molecule has 1 unspecified atom stereocenters. The molecule has 0 spiro atoms. The van der Waals surface area contributed by atoms with Gasteiger partial charge in [0.15, 0.2) is 0 Å². The first kappa shape index (κ1) is 13.3. The minimum atomic E-state index is -0.883. The van der Waals surface area contributed by atoms with E-state index < -0.39 is 6.10 Å². The van der Waals surface area contributed by atoms with E-state index >= 15 is 0 Å². The first-order chi connectivity index (χ1) is 9.15. The molecule has 1 heterocycles. The number of ether oxygens (including phenoxy) is 2. The molecule has 5 nitrogen and oxygen atoms in total. The quantitative estimate of drug-likeness (QED) is 0.909. The van der Waals surface area contributed by atoms with E-state index in [2.05, 4.69) is 9.97 Å². The number of aryl methyl sites for hydroxylation is 1. The maximum atomic E-state index is 10.4. The van der Waals surface area contributed by atoms with Gasteiger partial charge in [0, 0.05) is 11.8 Å². The molecule has 0 fully saturated rings. The van der Waals surface area contributed by atoms with Crippen molar-refractivity contribution < 1.29 is 14.6 Å². The van der Waals surface area contributed by atoms with Crippen LogP contribution in [0.5, 0.6) is 11.5 Å². The molecule has 0 aliphatic heterocycles. The van der Waals surface area contributed by atoms with Gasteiger partial charge < -0.3 is 14.6 Å². The van der Waals surface area contributed by atoms with Crippen LogP contribution in [-0.2, 0) is 0 Å². The van der Waals surface area contributed by atoms with Crippen LogP contribution in [0.1, 0.15) is 23.2 Å². The van der Waals surface area contributed by atoms with Crippen molar-refractivity contribution in [2.45, 2.75) is 13.0 Å². The van der Waals surface area contributed by atoms with Crippen LogP contribution in [0.25, 0.3) is 0 Å². The lowest BCUT2D eigenvalue weighted by molar-refractivity contribution is 0.209. The summed E-state index contributed by atoms with van der Waals surface area (Å²) in [6.07, 6.45) is 0.736. The van der Waals surface area contributed by atoms with E-state index in [9.17, 15) is 5.11 Å². The van der Waals surface area contributed by atoms with Crippen LogP contribution in [0.4, 0.5) is 0 Å². The molecule has 100 valence electrons. The number of aromatic nitrogens is 2. The number of benzene rings is 1. The van der Waals surface area contributed by atoms with Gasteiger partial charge in [-0.3, -0.25) is 0 Å². The minimum Gasteiger partial charge on any atom is -0.497 e. The van der Waals surface area contributed by atoms with E-state index in [1.165, 1.54) is 0 Å². The van der Waals surface area contributed by atoms with Crippen molar-refractivity contribution in [1.29, 1.82) is 0 Å². The van der Waals surface area contributed by atoms with E-state index in [-0.39, 0.29) is 0 Å². The zero-order valence-electron chi connectivity index (χ0n) is 11.1. The predicted molar refractivity (Wildman–Crippen MR) is 70.4 cm³/mol. The molecule has 1 aromatic carbocycles. The molecular weight excluding hydrogens is 244 g/mol. The van der Waals surface area contributed by atoms with Crippen molar-refractivity contribution in [3.8, 4) is 11.5 Å². The second kappa shape index (κ2) is 5.67. The average molecular weight is 260 g/mol. The first-order valence-corrected chi connectivity index (χ1v) is 5.85. The van der Waals surface area contributed by atoms with E-state index in [1.807, 2.05) is 0 Å². The first-order valence-electron chi connectivity index (χ1n) is 5.85. The Kier molecular flexibility index (Phi) is 3.97. The second-order valence-corrected chi connectivity index (χ2v) is 4.04. The smallest absolute Gasteiger partial charge is 0.125 e. The van der Waals surface area contributed by atoms with Gasteiger partial charge in [-0.2, -0.15) is 0 Å². The topological polar surface area (TPSA) is 64.5 Å². The third-order valence-electron chi connectivity index (χ3n) is 2.81. The Bertz CT molecular complexity index is 572. The monoisotopic (exact) mass is 260 g/mol. The average Bonchev–Trinajstić information content (AvgIpc) is 2.45. The van der Waals surface area contributed by atoms with Gasteiger partial charge in [0.1, 0.15) is 23.4 Å². The van der Waals surface area contributed by atoms with Gasteiger partial charge in [0.25, 0.3) is 0 Å². The second-order valence-electron chi connectivity index (χ2n) is 4.04. The summed E-state index contributed by atoms with van der Waals surface area (Å²) in [5.41, 5.74) is 1.14. The Labute approximate surface area is 111 Å². The van der Waals surface area contributed by atoms with Crippen LogP contribution < -0.4 is 9.47 Å². The molecule has 0 saturated heterocycles. The summed E-state index contributed by atoms with van der Waals surface area (Å²) in [6.45, 7) is 1.78. The van der Waals surface area contributed by atoms with Crippen molar-refractivity contribution in [2.24, 2.45) is 0 Å². The van der Waals surface area contributed by atoms with Crippen LogP contribution in [0, 0.1) is 6.92 Å². The lowest BCUT2D eigenvalue weighted by atomic mass is 10.0. The van der Waals surface area contributed by atoms with Crippen LogP contribution in [-0.4, -0.2) is 29.3 Å². The van der Waals surface area contributed by atoms with Gasteiger partial charge in [-0.1, -0.05) is 0 Å². The van der Waals surface area contributed by atoms with Crippen molar-refractivity contribution in [1.82, 2.24) is 9.97 Å². The van der Waals surface area contributed by atoms with Crippen molar-refractivity contribution in [3.63, 3.8) is 0 Å². The summed E-state index contributed by atoms with van der Waals surface area (Å²) in [6, 6.07) is 6.95. The zero-order chi connectivity index (χ0) is 13.8. The van der Waals surface area contributed by atoms with Gasteiger partial charge >= 0.3 is 0 Å². The molecule has 1 N–H and O–H groups in total. The Hall–Kier alpha value is -2.14. The van der Waals surface area contributed by atoms with Crippen molar-refractivity contribution >= 4 is 0 Å². The van der Waals surface area contributed by atoms with Gasteiger partial charge in [0.05, 0.1) is 19.9 Å². The molecule has 0 saturated carbocycles. The fourth-order valence-corrected chi connectivity index (χ4v) is 1.84. The molecule has 5 heteroatoms. The molecule has 19 heavy (non-hydrogen) atoms. The number of rotatable bonds is 4. The van der Waals surface area contributed by atoms with Gasteiger partial charge in [-0.05, 0) is 31.2 Å². The highest BCUT2D eigenvalue weighted by atomic mass is 16.5. The number of aliphatic hydroxyl groups is 1. The number of aliphatic hydroxyl groups excluding tert-OH is 1. The van der Waals surface area contributed by atoms with Crippen LogP contribution in [0.3, 0.4) is 0 Å². The molecule has 2 rings (SSSR count). The van der Waals surface area contributed by atoms with Crippen LogP contribution in [0.2, 0.25) is 0 Å². The van der Waals surface area contributed by atoms with Gasteiger partial charge in [0.2, 0.25) is 0 Å². The largest absolute Gasteiger partial charge is 0.497 e. The van der Waals surface area contributed by atoms with E-state index in [0.717, 1.165) is 0 Å². The Morgan fingerprint density at radius 2 is 1.95 bits per heavy atom. The SMILES string of the molecule is COc1ccc(OC)c(C(O)c2ccnc(C)n2)c1. The highest BCUT2D eigenvalue weighted by Crippen LogP contribution is 2.32. The molecule has 1 atom stereocenters. The number of methoxy groups -OCH3 is 2. The number of hydrogen-bond acceptors (Lipinski definition) is 5. The van der Waals surface area contributed by atoms with Crippen molar-refractivity contribution in [2.75, 3.05) is 14.2 Å². The summed E-state index contributed by atoms with van der Waals surface area (Å²) < 4.78 is 10.4. The molecule has 1 aromatic heterocycles. The van der Waals surface area contributed by atoms with E-state index in [0.29, 0.717) is 28.6 Å². The Balaban J connectivity index is 2.44. The van der Waals surface area contributed by atoms with E-state index in [4.69, 9.17) is 9.47 Å². The third-order valence-corrected chi connectivity index (χ3v) is 2.81. The zero-order valence-corrected chi connectivity index (χ0v) is 11.1. The summed E-state index contributed by atoms with van der Waals surface area (Å²) >= 11 is 0. The summed E-state index contributed by atoms with van der Waals surface area (Å²) in [5, 5.41) is 10.4. The lowest BCUT2D eigenvalue weighted by Crippen LogP contribution is -2.06. The van der Waals surface area contributed by atoms with Gasteiger partial charge in [-0.15, -0.1) is 0 Å². The highest BCUT2D eigenvalue weighted by molar-refractivity contribution is 5.44. The summed E-state index contributed by atoms with van der Waals surface area (Å²) in [5.74, 6) is 1.85. The molecular formula is C14H16N2O3. The molecule has 0 aliphatic rings. The molecule has 0 amide bonds. The van der Waals surface area contributed by atoms with Crippen LogP contribution >= 0.6 is 0 Å². The number of hydrogen-bond donors (Lipinski definition) is 1. The molecule has 0 aliphatic carbocycles. The Morgan fingerprint density at radius 1 is 1.16 bits per heavy atom. The summed E-state index contributed by atoms with van der Waals surface area (Å²) in [7, 11) is 3.13. The van der Waals surface area contributed by atoms with Gasteiger partial charge in [-0.25, -0.2) is 9.97 Å². The fraction of sp³-hybridized carbons (Fsp3) is 0.286. The van der Waals surface area contributed by atoms with Crippen molar-refractivity contribution in [3.05, 3.63) is 47.5 Å².